The Kier molecular flexibility index (Phi) is 3.87. The van der Waals surface area contributed by atoms with Crippen molar-refractivity contribution in [2.45, 2.75) is 42.2 Å². The number of aryl methyl sites for hydroxylation is 1. The third kappa shape index (κ3) is 2.26. The molecule has 0 bridgehead atoms. The zero-order chi connectivity index (χ0) is 19.7. The molecular formula is C19H19N3O4S2. The van der Waals surface area contributed by atoms with Crippen molar-refractivity contribution in [1.29, 1.82) is 5.26 Å². The van der Waals surface area contributed by atoms with Gasteiger partial charge in [-0.25, -0.2) is 8.42 Å². The van der Waals surface area contributed by atoms with Crippen LogP contribution in [-0.2, 0) is 19.6 Å². The number of amides is 1. The molecule has 3 aliphatic heterocycles. The molecule has 4 heterocycles. The molecule has 9 heteroatoms. The Morgan fingerprint density at radius 2 is 2.18 bits per heavy atom. The quantitative estimate of drug-likeness (QED) is 0.747. The monoisotopic (exact) mass is 417 g/mol. The van der Waals surface area contributed by atoms with Crippen LogP contribution in [0.1, 0.15) is 30.4 Å². The minimum absolute atomic E-state index is 0.0312. The zero-order valence-corrected chi connectivity index (χ0v) is 17.0. The van der Waals surface area contributed by atoms with E-state index in [0.717, 1.165) is 16.5 Å². The molecule has 1 amide bonds. The van der Waals surface area contributed by atoms with Crippen molar-refractivity contribution < 1.29 is 17.9 Å². The van der Waals surface area contributed by atoms with Gasteiger partial charge in [0.2, 0.25) is 5.91 Å². The SMILES string of the molecule is Cc1c(S(=O)(=O)N2CC[C@@]34OCCCN3C(=O)C[C@@H]24)sc2ccc(C#N)cc12. The van der Waals surface area contributed by atoms with Crippen LogP contribution in [0.4, 0.5) is 0 Å². The van der Waals surface area contributed by atoms with E-state index in [0.29, 0.717) is 37.2 Å². The van der Waals surface area contributed by atoms with Gasteiger partial charge in [0, 0.05) is 30.6 Å². The smallest absolute Gasteiger partial charge is 0.253 e. The molecule has 2 aromatic rings. The number of ether oxygens (including phenoxy) is 1. The Labute approximate surface area is 167 Å². The predicted octanol–water partition coefficient (Wildman–Crippen LogP) is 2.19. The Morgan fingerprint density at radius 1 is 1.36 bits per heavy atom. The maximum atomic E-state index is 13.6. The third-order valence-corrected chi connectivity index (χ3v) is 9.91. The summed E-state index contributed by atoms with van der Waals surface area (Å²) in [5.41, 5.74) is 0.356. The van der Waals surface area contributed by atoms with Crippen molar-refractivity contribution in [2.24, 2.45) is 0 Å². The fourth-order valence-electron chi connectivity index (χ4n) is 4.82. The molecule has 0 aliphatic carbocycles. The first kappa shape index (κ1) is 18.1. The van der Waals surface area contributed by atoms with Gasteiger partial charge in [-0.1, -0.05) is 0 Å². The third-order valence-electron chi connectivity index (χ3n) is 6.13. The van der Waals surface area contributed by atoms with Crippen LogP contribution in [0.5, 0.6) is 0 Å². The lowest BCUT2D eigenvalue weighted by molar-refractivity contribution is -0.178. The molecule has 7 nitrogen and oxygen atoms in total. The fourth-order valence-corrected chi connectivity index (χ4v) is 8.34. The van der Waals surface area contributed by atoms with Gasteiger partial charge < -0.3 is 9.64 Å². The number of benzene rings is 1. The first-order chi connectivity index (χ1) is 13.4. The van der Waals surface area contributed by atoms with Gasteiger partial charge >= 0.3 is 0 Å². The summed E-state index contributed by atoms with van der Waals surface area (Å²) in [5.74, 6) is -0.0312. The molecule has 0 unspecified atom stereocenters. The van der Waals surface area contributed by atoms with Crippen LogP contribution in [0.2, 0.25) is 0 Å². The summed E-state index contributed by atoms with van der Waals surface area (Å²) < 4.78 is 35.8. The van der Waals surface area contributed by atoms with Crippen LogP contribution < -0.4 is 0 Å². The average molecular weight is 418 g/mol. The van der Waals surface area contributed by atoms with Crippen molar-refractivity contribution >= 4 is 37.4 Å². The molecule has 0 radical (unpaired) electrons. The highest BCUT2D eigenvalue weighted by atomic mass is 32.2. The molecule has 3 aliphatic rings. The Bertz CT molecular complexity index is 1150. The minimum atomic E-state index is -3.77. The van der Waals surface area contributed by atoms with Crippen LogP contribution >= 0.6 is 11.3 Å². The second kappa shape index (κ2) is 6.00. The molecule has 5 rings (SSSR count). The summed E-state index contributed by atoms with van der Waals surface area (Å²) in [6, 6.07) is 6.84. The van der Waals surface area contributed by atoms with Gasteiger partial charge in [-0.3, -0.25) is 4.79 Å². The number of nitrogens with zero attached hydrogens (tertiary/aromatic N) is 3. The molecule has 1 aromatic carbocycles. The van der Waals surface area contributed by atoms with E-state index in [1.807, 2.05) is 0 Å². The summed E-state index contributed by atoms with van der Waals surface area (Å²) in [7, 11) is -3.77. The van der Waals surface area contributed by atoms with Crippen molar-refractivity contribution in [2.75, 3.05) is 19.7 Å². The zero-order valence-electron chi connectivity index (χ0n) is 15.3. The predicted molar refractivity (Wildman–Crippen MR) is 103 cm³/mol. The topological polar surface area (TPSA) is 90.7 Å². The average Bonchev–Trinajstić information content (AvgIpc) is 3.30. The van der Waals surface area contributed by atoms with Crippen LogP contribution in [0.3, 0.4) is 0 Å². The second-order valence-electron chi connectivity index (χ2n) is 7.52. The van der Waals surface area contributed by atoms with Crippen LogP contribution in [-0.4, -0.2) is 55.0 Å². The lowest BCUT2D eigenvalue weighted by Gasteiger charge is -2.42. The van der Waals surface area contributed by atoms with Crippen molar-refractivity contribution in [3.63, 3.8) is 0 Å². The maximum absolute atomic E-state index is 13.6. The highest BCUT2D eigenvalue weighted by Gasteiger charge is 2.63. The maximum Gasteiger partial charge on any atom is 0.253 e. The van der Waals surface area contributed by atoms with Crippen LogP contribution in [0.25, 0.3) is 10.1 Å². The van der Waals surface area contributed by atoms with E-state index < -0.39 is 21.8 Å². The van der Waals surface area contributed by atoms with Gasteiger partial charge in [0.1, 0.15) is 4.21 Å². The molecule has 3 saturated heterocycles. The van der Waals surface area contributed by atoms with E-state index in [2.05, 4.69) is 6.07 Å². The number of hydrogen-bond donors (Lipinski definition) is 0. The molecule has 146 valence electrons. The molecular weight excluding hydrogens is 398 g/mol. The van der Waals surface area contributed by atoms with Crippen molar-refractivity contribution in [3.8, 4) is 6.07 Å². The normalized spacial score (nSPS) is 27.8. The molecule has 0 saturated carbocycles. The highest BCUT2D eigenvalue weighted by Crippen LogP contribution is 2.48. The number of sulfonamides is 1. The first-order valence-electron chi connectivity index (χ1n) is 9.28. The molecule has 1 aromatic heterocycles. The number of fused-ring (bicyclic) bond motifs is 1. The van der Waals surface area contributed by atoms with Gasteiger partial charge in [0.25, 0.3) is 10.0 Å². The molecule has 2 atom stereocenters. The van der Waals surface area contributed by atoms with Crippen LogP contribution in [0, 0.1) is 18.3 Å². The van der Waals surface area contributed by atoms with E-state index in [4.69, 9.17) is 10.00 Å². The van der Waals surface area contributed by atoms with Gasteiger partial charge in [-0.15, -0.1) is 11.3 Å². The summed E-state index contributed by atoms with van der Waals surface area (Å²) in [5, 5.41) is 9.93. The van der Waals surface area contributed by atoms with E-state index in [1.165, 1.54) is 15.6 Å². The summed E-state index contributed by atoms with van der Waals surface area (Å²) >= 11 is 1.22. The largest absolute Gasteiger partial charge is 0.354 e. The van der Waals surface area contributed by atoms with E-state index in [-0.39, 0.29) is 16.5 Å². The fraction of sp³-hybridized carbons (Fsp3) is 0.474. The standard InChI is InChI=1S/C19H19N3O4S2/c1-12-14-9-13(11-20)3-4-15(14)27-18(12)28(24,25)22-7-5-19-16(22)10-17(23)21(19)6-2-8-26-19/h3-4,9,16H,2,5-8,10H2,1H3/t16-,19+/m1/s1. The number of nitriles is 1. The summed E-state index contributed by atoms with van der Waals surface area (Å²) in [6.07, 6.45) is 1.45. The summed E-state index contributed by atoms with van der Waals surface area (Å²) in [6.45, 7) is 3.30. The molecule has 28 heavy (non-hydrogen) atoms. The van der Waals surface area contributed by atoms with Gasteiger partial charge in [0.15, 0.2) is 5.72 Å². The van der Waals surface area contributed by atoms with E-state index >= 15 is 0 Å². The second-order valence-corrected chi connectivity index (χ2v) is 10.7. The number of carbonyl (C=O) groups is 1. The minimum Gasteiger partial charge on any atom is -0.354 e. The van der Waals surface area contributed by atoms with Gasteiger partial charge in [0.05, 0.1) is 24.3 Å². The summed E-state index contributed by atoms with van der Waals surface area (Å²) in [4.78, 5) is 14.2. The Hall–Kier alpha value is -1.99. The number of hydrogen-bond acceptors (Lipinski definition) is 6. The lowest BCUT2D eigenvalue weighted by Crippen LogP contribution is -2.56. The number of rotatable bonds is 2. The molecule has 0 N–H and O–H groups in total. The highest BCUT2D eigenvalue weighted by molar-refractivity contribution is 7.91. The number of thiophene rings is 1. The Balaban J connectivity index is 1.59. The van der Waals surface area contributed by atoms with Gasteiger partial charge in [-0.2, -0.15) is 9.57 Å². The van der Waals surface area contributed by atoms with E-state index in [1.54, 1.807) is 30.0 Å². The van der Waals surface area contributed by atoms with Crippen molar-refractivity contribution in [1.82, 2.24) is 9.21 Å². The Morgan fingerprint density at radius 3 is 2.96 bits per heavy atom. The van der Waals surface area contributed by atoms with E-state index in [9.17, 15) is 13.2 Å². The molecule has 3 fully saturated rings. The van der Waals surface area contributed by atoms with Crippen molar-refractivity contribution in [3.05, 3.63) is 29.3 Å². The lowest BCUT2D eigenvalue weighted by atomic mass is 10.0. The van der Waals surface area contributed by atoms with Crippen LogP contribution in [0.15, 0.2) is 22.4 Å². The number of carbonyl (C=O) groups excluding carboxylic acids is 1. The van der Waals surface area contributed by atoms with Gasteiger partial charge in [-0.05, 0) is 42.5 Å². The first-order valence-corrected chi connectivity index (χ1v) is 11.5. The molecule has 1 spiro atoms.